The molecular weight excluding hydrogens is 336 g/mol. The highest BCUT2D eigenvalue weighted by Crippen LogP contribution is 2.27. The van der Waals surface area contributed by atoms with Crippen molar-refractivity contribution in [2.75, 3.05) is 13.1 Å². The molecule has 1 atom stereocenters. The van der Waals surface area contributed by atoms with Crippen LogP contribution in [0.2, 0.25) is 5.02 Å². The van der Waals surface area contributed by atoms with Crippen LogP contribution in [0.15, 0.2) is 23.1 Å². The van der Waals surface area contributed by atoms with Crippen molar-refractivity contribution in [2.24, 2.45) is 0 Å². The first-order chi connectivity index (χ1) is 10.9. The second-order valence-electron chi connectivity index (χ2n) is 5.89. The minimum absolute atomic E-state index is 0.0119. The molecule has 23 heavy (non-hydrogen) atoms. The minimum atomic E-state index is -3.66. The summed E-state index contributed by atoms with van der Waals surface area (Å²) in [6.45, 7) is 4.88. The van der Waals surface area contributed by atoms with Crippen molar-refractivity contribution >= 4 is 27.5 Å². The highest BCUT2D eigenvalue weighted by atomic mass is 35.5. The quantitative estimate of drug-likeness (QED) is 0.879. The van der Waals surface area contributed by atoms with E-state index in [9.17, 15) is 13.2 Å². The van der Waals surface area contributed by atoms with Crippen molar-refractivity contribution in [3.63, 3.8) is 0 Å². The Morgan fingerprint density at radius 1 is 1.30 bits per heavy atom. The summed E-state index contributed by atoms with van der Waals surface area (Å²) < 4.78 is 27.0. The summed E-state index contributed by atoms with van der Waals surface area (Å²) in [5.41, 5.74) is 0.310. The first kappa shape index (κ1) is 18.2. The fourth-order valence-electron chi connectivity index (χ4n) is 2.50. The SMILES string of the molecule is CCC(C)NC(=O)c1ccc(Cl)c(S(=O)(=O)N2CCCCC2)c1. The molecule has 1 saturated heterocycles. The molecule has 0 aliphatic carbocycles. The van der Waals surface area contributed by atoms with E-state index in [1.54, 1.807) is 6.07 Å². The van der Waals surface area contributed by atoms with Gasteiger partial charge in [0.25, 0.3) is 5.91 Å². The summed E-state index contributed by atoms with van der Waals surface area (Å²) in [4.78, 5) is 12.2. The molecule has 7 heteroatoms. The van der Waals surface area contributed by atoms with Crippen molar-refractivity contribution in [2.45, 2.75) is 50.5 Å². The topological polar surface area (TPSA) is 66.5 Å². The Hall–Kier alpha value is -1.11. The van der Waals surface area contributed by atoms with Gasteiger partial charge >= 0.3 is 0 Å². The van der Waals surface area contributed by atoms with Gasteiger partial charge in [0, 0.05) is 24.7 Å². The highest BCUT2D eigenvalue weighted by molar-refractivity contribution is 7.89. The van der Waals surface area contributed by atoms with Crippen LogP contribution in [0.4, 0.5) is 0 Å². The maximum atomic E-state index is 12.8. The van der Waals surface area contributed by atoms with Gasteiger partial charge in [-0.2, -0.15) is 4.31 Å². The maximum absolute atomic E-state index is 12.8. The molecule has 1 aromatic carbocycles. The fourth-order valence-corrected chi connectivity index (χ4v) is 4.51. The molecule has 0 spiro atoms. The molecule has 128 valence electrons. The predicted molar refractivity (Wildman–Crippen MR) is 91.3 cm³/mol. The summed E-state index contributed by atoms with van der Waals surface area (Å²) in [6.07, 6.45) is 3.55. The molecule has 0 radical (unpaired) electrons. The van der Waals surface area contributed by atoms with Crippen LogP contribution >= 0.6 is 11.6 Å². The molecule has 1 aromatic rings. The molecule has 0 bridgehead atoms. The number of hydrogen-bond acceptors (Lipinski definition) is 3. The smallest absolute Gasteiger partial charge is 0.251 e. The van der Waals surface area contributed by atoms with Gasteiger partial charge in [0.15, 0.2) is 0 Å². The van der Waals surface area contributed by atoms with Crippen LogP contribution in [0, 0.1) is 0 Å². The highest BCUT2D eigenvalue weighted by Gasteiger charge is 2.28. The largest absolute Gasteiger partial charge is 0.350 e. The van der Waals surface area contributed by atoms with Crippen LogP contribution in [-0.2, 0) is 10.0 Å². The second-order valence-corrected chi connectivity index (χ2v) is 8.21. The number of piperidine rings is 1. The molecule has 1 fully saturated rings. The standard InChI is InChI=1S/C16H23ClN2O3S/c1-3-12(2)18-16(20)13-7-8-14(17)15(11-13)23(21,22)19-9-5-4-6-10-19/h7-8,11-12H,3-6,9-10H2,1-2H3,(H,18,20). The number of sulfonamides is 1. The van der Waals surface area contributed by atoms with Crippen LogP contribution in [0.1, 0.15) is 49.9 Å². The third-order valence-corrected chi connectivity index (χ3v) is 6.50. The van der Waals surface area contributed by atoms with E-state index in [-0.39, 0.29) is 21.9 Å². The van der Waals surface area contributed by atoms with Crippen molar-refractivity contribution < 1.29 is 13.2 Å². The predicted octanol–water partition coefficient (Wildman–Crippen LogP) is 3.04. The third kappa shape index (κ3) is 4.25. The molecule has 1 amide bonds. The zero-order valence-electron chi connectivity index (χ0n) is 13.5. The molecule has 1 unspecified atom stereocenters. The lowest BCUT2D eigenvalue weighted by Crippen LogP contribution is -2.36. The van der Waals surface area contributed by atoms with Gasteiger partial charge in [-0.15, -0.1) is 0 Å². The van der Waals surface area contributed by atoms with Gasteiger partial charge in [-0.3, -0.25) is 4.79 Å². The van der Waals surface area contributed by atoms with E-state index >= 15 is 0 Å². The normalized spacial score (nSPS) is 17.7. The number of nitrogens with one attached hydrogen (secondary N) is 1. The molecule has 5 nitrogen and oxygen atoms in total. The molecule has 2 rings (SSSR count). The summed E-state index contributed by atoms with van der Waals surface area (Å²) in [6, 6.07) is 4.43. The van der Waals surface area contributed by atoms with Gasteiger partial charge in [0.2, 0.25) is 10.0 Å². The summed E-state index contributed by atoms with van der Waals surface area (Å²) in [5, 5.41) is 2.98. The zero-order chi connectivity index (χ0) is 17.0. The van der Waals surface area contributed by atoms with Crippen LogP contribution in [-0.4, -0.2) is 37.8 Å². The average molecular weight is 359 g/mol. The lowest BCUT2D eigenvalue weighted by Gasteiger charge is -2.26. The Balaban J connectivity index is 2.31. The monoisotopic (exact) mass is 358 g/mol. The molecule has 1 aliphatic rings. The number of benzene rings is 1. The number of amides is 1. The van der Waals surface area contributed by atoms with E-state index in [2.05, 4.69) is 5.32 Å². The Labute approximate surface area is 143 Å². The van der Waals surface area contributed by atoms with Gasteiger partial charge in [0.1, 0.15) is 4.90 Å². The lowest BCUT2D eigenvalue weighted by atomic mass is 10.2. The van der Waals surface area contributed by atoms with Crippen molar-refractivity contribution in [1.29, 1.82) is 0 Å². The summed E-state index contributed by atoms with van der Waals surface area (Å²) >= 11 is 6.10. The first-order valence-electron chi connectivity index (χ1n) is 7.97. The number of carbonyl (C=O) groups is 1. The third-order valence-electron chi connectivity index (χ3n) is 4.12. The number of nitrogens with zero attached hydrogens (tertiary/aromatic N) is 1. The Morgan fingerprint density at radius 3 is 2.57 bits per heavy atom. The number of halogens is 1. The average Bonchev–Trinajstić information content (AvgIpc) is 2.55. The van der Waals surface area contributed by atoms with Gasteiger partial charge < -0.3 is 5.32 Å². The lowest BCUT2D eigenvalue weighted by molar-refractivity contribution is 0.0939. The Bertz CT molecular complexity index is 670. The van der Waals surface area contributed by atoms with Crippen LogP contribution in [0.3, 0.4) is 0 Å². The van der Waals surface area contributed by atoms with E-state index in [1.807, 2.05) is 13.8 Å². The van der Waals surface area contributed by atoms with Crippen LogP contribution in [0.25, 0.3) is 0 Å². The maximum Gasteiger partial charge on any atom is 0.251 e. The minimum Gasteiger partial charge on any atom is -0.350 e. The molecular formula is C16H23ClN2O3S. The summed E-state index contributed by atoms with van der Waals surface area (Å²) in [7, 11) is -3.66. The first-order valence-corrected chi connectivity index (χ1v) is 9.78. The number of rotatable bonds is 5. The van der Waals surface area contributed by atoms with E-state index in [0.29, 0.717) is 18.7 Å². The molecule has 1 N–H and O–H groups in total. The van der Waals surface area contributed by atoms with E-state index in [1.165, 1.54) is 16.4 Å². The van der Waals surface area contributed by atoms with Crippen molar-refractivity contribution in [3.8, 4) is 0 Å². The number of hydrogen-bond donors (Lipinski definition) is 1. The van der Waals surface area contributed by atoms with E-state index < -0.39 is 10.0 Å². The molecule has 0 saturated carbocycles. The van der Waals surface area contributed by atoms with Crippen LogP contribution in [0.5, 0.6) is 0 Å². The van der Waals surface area contributed by atoms with Crippen LogP contribution < -0.4 is 5.32 Å². The number of carbonyl (C=O) groups excluding carboxylic acids is 1. The molecule has 0 aromatic heterocycles. The second kappa shape index (κ2) is 7.64. The van der Waals surface area contributed by atoms with Crippen molar-refractivity contribution in [3.05, 3.63) is 28.8 Å². The summed E-state index contributed by atoms with van der Waals surface area (Å²) in [5.74, 6) is -0.286. The van der Waals surface area contributed by atoms with Gasteiger partial charge in [-0.1, -0.05) is 24.9 Å². The van der Waals surface area contributed by atoms with Crippen molar-refractivity contribution in [1.82, 2.24) is 9.62 Å². The molecule has 1 aliphatic heterocycles. The fraction of sp³-hybridized carbons (Fsp3) is 0.562. The Kier molecular flexibility index (Phi) is 6.06. The van der Waals surface area contributed by atoms with Gasteiger partial charge in [-0.05, 0) is 44.4 Å². The Morgan fingerprint density at radius 2 is 1.96 bits per heavy atom. The van der Waals surface area contributed by atoms with Gasteiger partial charge in [-0.25, -0.2) is 8.42 Å². The molecule has 1 heterocycles. The van der Waals surface area contributed by atoms with E-state index in [4.69, 9.17) is 11.6 Å². The zero-order valence-corrected chi connectivity index (χ0v) is 15.1. The van der Waals surface area contributed by atoms with E-state index in [0.717, 1.165) is 25.7 Å². The van der Waals surface area contributed by atoms with Gasteiger partial charge in [0.05, 0.1) is 5.02 Å².